The largest absolute Gasteiger partial charge is 0.311 e. The van der Waals surface area contributed by atoms with E-state index in [-0.39, 0.29) is 5.41 Å². The van der Waals surface area contributed by atoms with Crippen molar-refractivity contribution in [3.8, 4) is 0 Å². The summed E-state index contributed by atoms with van der Waals surface area (Å²) in [6.07, 6.45) is 0.965. The number of nitrogens with one attached hydrogen (secondary N) is 1. The van der Waals surface area contributed by atoms with Crippen molar-refractivity contribution < 1.29 is 0 Å². The summed E-state index contributed by atoms with van der Waals surface area (Å²) < 4.78 is 3.26. The highest BCUT2D eigenvalue weighted by atomic mass is 79.9. The molecular formula is C15H29BrN4. The lowest BCUT2D eigenvalue weighted by atomic mass is 9.93. The van der Waals surface area contributed by atoms with Gasteiger partial charge in [-0.1, -0.05) is 20.8 Å². The summed E-state index contributed by atoms with van der Waals surface area (Å²) in [5, 5.41) is 8.21. The first-order valence-electron chi connectivity index (χ1n) is 7.40. The molecule has 1 aromatic heterocycles. The molecular weight excluding hydrogens is 316 g/mol. The molecule has 1 aromatic rings. The van der Waals surface area contributed by atoms with Crippen LogP contribution < -0.4 is 5.32 Å². The predicted octanol–water partition coefficient (Wildman–Crippen LogP) is 2.91. The fraction of sp³-hybridized carbons (Fsp3) is 0.800. The van der Waals surface area contributed by atoms with E-state index in [1.54, 1.807) is 0 Å². The van der Waals surface area contributed by atoms with Gasteiger partial charge in [-0.25, -0.2) is 0 Å². The second-order valence-corrected chi connectivity index (χ2v) is 7.18. The van der Waals surface area contributed by atoms with Crippen molar-refractivity contribution in [1.82, 2.24) is 20.0 Å². The van der Waals surface area contributed by atoms with Gasteiger partial charge in [0.1, 0.15) is 0 Å². The molecule has 0 aliphatic carbocycles. The average molecular weight is 345 g/mol. The standard InChI is InChI=1S/C15H29BrN4/c1-7-12-14(16)13(20(8-2)18-12)9-17-10-15(3,4)11-19(5)6/h17H,7-11H2,1-6H3. The van der Waals surface area contributed by atoms with Crippen LogP contribution in [0, 0.1) is 5.41 Å². The third kappa shape index (κ3) is 4.86. The SMILES string of the molecule is CCc1nn(CC)c(CNCC(C)(C)CN(C)C)c1Br. The zero-order chi connectivity index (χ0) is 15.3. The molecule has 5 heteroatoms. The number of halogens is 1. The third-order valence-corrected chi connectivity index (χ3v) is 4.25. The Bertz CT molecular complexity index is 424. The minimum Gasteiger partial charge on any atom is -0.311 e. The Morgan fingerprint density at radius 1 is 1.30 bits per heavy atom. The molecule has 0 saturated heterocycles. The highest BCUT2D eigenvalue weighted by molar-refractivity contribution is 9.10. The van der Waals surface area contributed by atoms with Crippen molar-refractivity contribution in [2.24, 2.45) is 5.41 Å². The molecule has 0 unspecified atom stereocenters. The van der Waals surface area contributed by atoms with E-state index < -0.39 is 0 Å². The number of aryl methyl sites for hydroxylation is 2. The number of rotatable bonds is 8. The first-order chi connectivity index (χ1) is 9.30. The number of hydrogen-bond donors (Lipinski definition) is 1. The van der Waals surface area contributed by atoms with Crippen molar-refractivity contribution in [3.63, 3.8) is 0 Å². The quantitative estimate of drug-likeness (QED) is 0.787. The Kier molecular flexibility index (Phi) is 6.69. The van der Waals surface area contributed by atoms with Crippen LogP contribution in [0.25, 0.3) is 0 Å². The van der Waals surface area contributed by atoms with Crippen molar-refractivity contribution >= 4 is 15.9 Å². The molecule has 1 heterocycles. The van der Waals surface area contributed by atoms with Crippen molar-refractivity contribution in [1.29, 1.82) is 0 Å². The molecule has 20 heavy (non-hydrogen) atoms. The Labute approximate surface area is 132 Å². The van der Waals surface area contributed by atoms with Crippen LogP contribution >= 0.6 is 15.9 Å². The second-order valence-electron chi connectivity index (χ2n) is 6.38. The van der Waals surface area contributed by atoms with Gasteiger partial charge in [0, 0.05) is 26.2 Å². The van der Waals surface area contributed by atoms with E-state index in [9.17, 15) is 0 Å². The Morgan fingerprint density at radius 3 is 2.45 bits per heavy atom. The van der Waals surface area contributed by atoms with Gasteiger partial charge in [-0.15, -0.1) is 0 Å². The summed E-state index contributed by atoms with van der Waals surface area (Å²) in [6, 6.07) is 0. The lowest BCUT2D eigenvalue weighted by Gasteiger charge is -2.28. The van der Waals surface area contributed by atoms with Gasteiger partial charge in [0.2, 0.25) is 0 Å². The summed E-state index contributed by atoms with van der Waals surface area (Å²) in [5.41, 5.74) is 2.67. The summed E-state index contributed by atoms with van der Waals surface area (Å²) >= 11 is 3.69. The third-order valence-electron chi connectivity index (χ3n) is 3.33. The van der Waals surface area contributed by atoms with E-state index in [0.717, 1.165) is 38.3 Å². The van der Waals surface area contributed by atoms with Crippen LogP contribution in [0.4, 0.5) is 0 Å². The Balaban J connectivity index is 2.64. The van der Waals surface area contributed by atoms with E-state index in [1.807, 2.05) is 0 Å². The fourth-order valence-electron chi connectivity index (χ4n) is 2.62. The molecule has 0 atom stereocenters. The van der Waals surface area contributed by atoms with Gasteiger partial charge >= 0.3 is 0 Å². The summed E-state index contributed by atoms with van der Waals surface area (Å²) in [4.78, 5) is 2.24. The van der Waals surface area contributed by atoms with Gasteiger partial charge in [-0.05, 0) is 48.8 Å². The summed E-state index contributed by atoms with van der Waals surface area (Å²) in [7, 11) is 4.25. The lowest BCUT2D eigenvalue weighted by molar-refractivity contribution is 0.231. The maximum absolute atomic E-state index is 4.63. The number of aromatic nitrogens is 2. The molecule has 1 N–H and O–H groups in total. The van der Waals surface area contributed by atoms with Crippen LogP contribution in [0.5, 0.6) is 0 Å². The molecule has 0 aliphatic rings. The molecule has 0 spiro atoms. The minimum atomic E-state index is 0.265. The minimum absolute atomic E-state index is 0.265. The topological polar surface area (TPSA) is 33.1 Å². The van der Waals surface area contributed by atoms with Crippen LogP contribution in [-0.2, 0) is 19.5 Å². The van der Waals surface area contributed by atoms with E-state index >= 15 is 0 Å². The second kappa shape index (κ2) is 7.57. The monoisotopic (exact) mass is 344 g/mol. The normalized spacial score (nSPS) is 12.4. The predicted molar refractivity (Wildman–Crippen MR) is 89.0 cm³/mol. The van der Waals surface area contributed by atoms with Crippen molar-refractivity contribution in [3.05, 3.63) is 15.9 Å². The molecule has 0 aromatic carbocycles. The molecule has 0 aliphatic heterocycles. The maximum atomic E-state index is 4.63. The molecule has 4 nitrogen and oxygen atoms in total. The summed E-state index contributed by atoms with van der Waals surface area (Å²) in [5.74, 6) is 0. The molecule has 116 valence electrons. The van der Waals surface area contributed by atoms with Gasteiger partial charge in [0.15, 0.2) is 0 Å². The zero-order valence-electron chi connectivity index (χ0n) is 13.8. The number of nitrogens with zero attached hydrogens (tertiary/aromatic N) is 3. The summed E-state index contributed by atoms with van der Waals surface area (Å²) in [6.45, 7) is 12.7. The molecule has 0 bridgehead atoms. The average Bonchev–Trinajstić information content (AvgIpc) is 2.64. The number of hydrogen-bond acceptors (Lipinski definition) is 3. The first-order valence-corrected chi connectivity index (χ1v) is 8.19. The molecule has 0 radical (unpaired) electrons. The Hall–Kier alpha value is -0.390. The Morgan fingerprint density at radius 2 is 1.95 bits per heavy atom. The van der Waals surface area contributed by atoms with Gasteiger partial charge in [0.05, 0.1) is 15.9 Å². The van der Waals surface area contributed by atoms with E-state index in [4.69, 9.17) is 0 Å². The highest BCUT2D eigenvalue weighted by Gasteiger charge is 2.19. The molecule has 0 amide bonds. The molecule has 0 fully saturated rings. The van der Waals surface area contributed by atoms with Crippen LogP contribution in [0.3, 0.4) is 0 Å². The molecule has 0 saturated carbocycles. The maximum Gasteiger partial charge on any atom is 0.0767 e. The van der Waals surface area contributed by atoms with Gasteiger partial charge in [-0.2, -0.15) is 5.10 Å². The van der Waals surface area contributed by atoms with Crippen LogP contribution in [0.2, 0.25) is 0 Å². The van der Waals surface area contributed by atoms with E-state index in [1.165, 1.54) is 10.2 Å². The van der Waals surface area contributed by atoms with Crippen LogP contribution in [-0.4, -0.2) is 41.9 Å². The van der Waals surface area contributed by atoms with Gasteiger partial charge in [0.25, 0.3) is 0 Å². The zero-order valence-corrected chi connectivity index (χ0v) is 15.3. The van der Waals surface area contributed by atoms with Crippen LogP contribution in [0.1, 0.15) is 39.1 Å². The van der Waals surface area contributed by atoms with Gasteiger partial charge < -0.3 is 10.2 Å². The van der Waals surface area contributed by atoms with Crippen molar-refractivity contribution in [2.45, 2.75) is 47.2 Å². The highest BCUT2D eigenvalue weighted by Crippen LogP contribution is 2.22. The van der Waals surface area contributed by atoms with Crippen LogP contribution in [0.15, 0.2) is 4.47 Å². The van der Waals surface area contributed by atoms with Crippen molar-refractivity contribution in [2.75, 3.05) is 27.2 Å². The smallest absolute Gasteiger partial charge is 0.0767 e. The van der Waals surface area contributed by atoms with E-state index in [0.29, 0.717) is 0 Å². The molecule has 1 rings (SSSR count). The lowest BCUT2D eigenvalue weighted by Crippen LogP contribution is -2.37. The first kappa shape index (κ1) is 17.7. The van der Waals surface area contributed by atoms with Gasteiger partial charge in [-0.3, -0.25) is 4.68 Å². The fourth-order valence-corrected chi connectivity index (χ4v) is 3.32. The van der Waals surface area contributed by atoms with E-state index in [2.05, 4.69) is 77.7 Å².